The zero-order valence-electron chi connectivity index (χ0n) is 11.2. The molecule has 2 rings (SSSR count). The van der Waals surface area contributed by atoms with Gasteiger partial charge in [0.2, 0.25) is 0 Å². The lowest BCUT2D eigenvalue weighted by Gasteiger charge is -2.13. The Morgan fingerprint density at radius 1 is 1.11 bits per heavy atom. The van der Waals surface area contributed by atoms with E-state index in [1.54, 1.807) is 17.8 Å². The molecule has 0 spiro atoms. The van der Waals surface area contributed by atoms with Crippen LogP contribution in [-0.2, 0) is 0 Å². The number of aryl methyl sites for hydroxylation is 2. The first-order chi connectivity index (χ1) is 9.06. The summed E-state index contributed by atoms with van der Waals surface area (Å²) in [4.78, 5) is 1.17. The highest BCUT2D eigenvalue weighted by Gasteiger charge is 2.12. The molecule has 0 heterocycles. The fraction of sp³-hybridized carbons (Fsp3) is 0.250. The van der Waals surface area contributed by atoms with Crippen molar-refractivity contribution in [3.63, 3.8) is 0 Å². The largest absolute Gasteiger partial charge is 0.323 e. The van der Waals surface area contributed by atoms with Gasteiger partial charge in [0.05, 0.1) is 0 Å². The van der Waals surface area contributed by atoms with Gasteiger partial charge in [-0.2, -0.15) is 0 Å². The molecule has 3 heteroatoms. The van der Waals surface area contributed by atoms with Crippen LogP contribution >= 0.6 is 11.8 Å². The average Bonchev–Trinajstić information content (AvgIpc) is 2.39. The smallest absolute Gasteiger partial charge is 0.128 e. The lowest BCUT2D eigenvalue weighted by molar-refractivity contribution is 0.594. The van der Waals surface area contributed by atoms with E-state index in [1.807, 2.05) is 19.1 Å². The second-order valence-electron chi connectivity index (χ2n) is 4.76. The molecule has 0 aliphatic heterocycles. The van der Waals surface area contributed by atoms with E-state index in [-0.39, 0.29) is 11.9 Å². The van der Waals surface area contributed by atoms with Gasteiger partial charge in [-0.3, -0.25) is 0 Å². The maximum atomic E-state index is 13.7. The summed E-state index contributed by atoms with van der Waals surface area (Å²) in [5, 5.41) is 0. The predicted octanol–water partition coefficient (Wildman–Crippen LogP) is 4.23. The van der Waals surface area contributed by atoms with Crippen LogP contribution in [0.25, 0.3) is 0 Å². The fourth-order valence-electron chi connectivity index (χ4n) is 1.93. The summed E-state index contributed by atoms with van der Waals surface area (Å²) in [6, 6.07) is 13.0. The Morgan fingerprint density at radius 2 is 1.84 bits per heavy atom. The Labute approximate surface area is 118 Å². The topological polar surface area (TPSA) is 26.0 Å². The third-order valence-electron chi connectivity index (χ3n) is 2.97. The first kappa shape index (κ1) is 14.1. The molecule has 1 unspecified atom stereocenters. The van der Waals surface area contributed by atoms with Gasteiger partial charge in [-0.25, -0.2) is 4.39 Å². The van der Waals surface area contributed by atoms with E-state index in [2.05, 4.69) is 25.1 Å². The van der Waals surface area contributed by atoms with E-state index in [0.717, 1.165) is 5.56 Å². The van der Waals surface area contributed by atoms with Crippen LogP contribution in [0.15, 0.2) is 47.4 Å². The predicted molar refractivity (Wildman–Crippen MR) is 80.0 cm³/mol. The van der Waals surface area contributed by atoms with Crippen LogP contribution in [0.1, 0.15) is 22.7 Å². The van der Waals surface area contributed by atoms with Gasteiger partial charge in [-0.1, -0.05) is 35.4 Å². The van der Waals surface area contributed by atoms with Gasteiger partial charge in [0.1, 0.15) is 5.82 Å². The van der Waals surface area contributed by atoms with Crippen molar-refractivity contribution in [2.75, 3.05) is 5.75 Å². The molecular formula is C16H18FNS. The minimum Gasteiger partial charge on any atom is -0.323 e. The van der Waals surface area contributed by atoms with E-state index in [0.29, 0.717) is 11.3 Å². The van der Waals surface area contributed by atoms with Crippen LogP contribution in [0.3, 0.4) is 0 Å². The van der Waals surface area contributed by atoms with Crippen molar-refractivity contribution in [2.24, 2.45) is 5.73 Å². The Hall–Kier alpha value is -1.32. The fourth-order valence-corrected chi connectivity index (χ4v) is 2.92. The van der Waals surface area contributed by atoms with Crippen LogP contribution in [0, 0.1) is 19.7 Å². The highest BCUT2D eigenvalue weighted by atomic mass is 32.2. The molecule has 1 nitrogen and oxygen atoms in total. The van der Waals surface area contributed by atoms with Crippen LogP contribution in [-0.4, -0.2) is 5.75 Å². The van der Waals surface area contributed by atoms with E-state index in [1.165, 1.54) is 16.5 Å². The number of hydrogen-bond donors (Lipinski definition) is 1. The van der Waals surface area contributed by atoms with Crippen molar-refractivity contribution in [1.29, 1.82) is 0 Å². The number of nitrogens with two attached hydrogens (primary N) is 1. The summed E-state index contributed by atoms with van der Waals surface area (Å²) in [5.74, 6) is 0.451. The maximum Gasteiger partial charge on any atom is 0.128 e. The third kappa shape index (κ3) is 3.82. The molecule has 0 radical (unpaired) electrons. The number of halogens is 1. The van der Waals surface area contributed by atoms with Crippen LogP contribution in [0.5, 0.6) is 0 Å². The first-order valence-electron chi connectivity index (χ1n) is 6.27. The van der Waals surface area contributed by atoms with Crippen molar-refractivity contribution >= 4 is 11.8 Å². The number of benzene rings is 2. The average molecular weight is 275 g/mol. The summed E-state index contributed by atoms with van der Waals surface area (Å²) in [5.41, 5.74) is 8.94. The van der Waals surface area contributed by atoms with E-state index in [4.69, 9.17) is 5.73 Å². The lowest BCUT2D eigenvalue weighted by Crippen LogP contribution is -2.15. The standard InChI is InChI=1S/C16H18FNS/c1-11-4-3-5-13(8-11)19-10-16(18)14-9-12(2)6-7-15(14)17/h3-9,16H,10,18H2,1-2H3. The Balaban J connectivity index is 2.05. The highest BCUT2D eigenvalue weighted by molar-refractivity contribution is 7.99. The van der Waals surface area contributed by atoms with E-state index < -0.39 is 0 Å². The van der Waals surface area contributed by atoms with Gasteiger partial charge in [0.15, 0.2) is 0 Å². The zero-order valence-corrected chi connectivity index (χ0v) is 12.0. The molecule has 1 atom stereocenters. The van der Waals surface area contributed by atoms with Crippen molar-refractivity contribution in [1.82, 2.24) is 0 Å². The van der Waals surface area contributed by atoms with Crippen molar-refractivity contribution < 1.29 is 4.39 Å². The number of hydrogen-bond acceptors (Lipinski definition) is 2. The monoisotopic (exact) mass is 275 g/mol. The van der Waals surface area contributed by atoms with Crippen molar-refractivity contribution in [3.8, 4) is 0 Å². The third-order valence-corrected chi connectivity index (χ3v) is 4.08. The summed E-state index contributed by atoms with van der Waals surface area (Å²) in [7, 11) is 0. The molecule has 0 bridgehead atoms. The molecule has 0 amide bonds. The van der Waals surface area contributed by atoms with Gasteiger partial charge in [-0.15, -0.1) is 11.8 Å². The van der Waals surface area contributed by atoms with E-state index >= 15 is 0 Å². The first-order valence-corrected chi connectivity index (χ1v) is 7.26. The van der Waals surface area contributed by atoms with Gasteiger partial charge in [0, 0.05) is 22.3 Å². The summed E-state index contributed by atoms with van der Waals surface area (Å²) in [6.07, 6.45) is 0. The molecule has 0 fully saturated rings. The van der Waals surface area contributed by atoms with Crippen molar-refractivity contribution in [2.45, 2.75) is 24.8 Å². The quantitative estimate of drug-likeness (QED) is 0.845. The summed E-state index contributed by atoms with van der Waals surface area (Å²) >= 11 is 1.66. The molecule has 100 valence electrons. The molecular weight excluding hydrogens is 257 g/mol. The van der Waals surface area contributed by atoms with Gasteiger partial charge < -0.3 is 5.73 Å². The minimum absolute atomic E-state index is 0.219. The molecule has 0 aromatic heterocycles. The van der Waals surface area contributed by atoms with Gasteiger partial charge >= 0.3 is 0 Å². The second-order valence-corrected chi connectivity index (χ2v) is 5.85. The molecule has 0 saturated carbocycles. The summed E-state index contributed by atoms with van der Waals surface area (Å²) in [6.45, 7) is 4.01. The molecule has 0 aliphatic rings. The Bertz CT molecular complexity index is 568. The molecule has 19 heavy (non-hydrogen) atoms. The van der Waals surface area contributed by atoms with Crippen LogP contribution < -0.4 is 5.73 Å². The summed E-state index contributed by atoms with van der Waals surface area (Å²) < 4.78 is 13.7. The molecule has 2 N–H and O–H groups in total. The lowest BCUT2D eigenvalue weighted by atomic mass is 10.1. The number of rotatable bonds is 4. The van der Waals surface area contributed by atoms with Gasteiger partial charge in [-0.05, 0) is 32.0 Å². The normalized spacial score (nSPS) is 12.4. The molecule has 0 saturated heterocycles. The molecule has 0 aliphatic carbocycles. The van der Waals surface area contributed by atoms with Crippen LogP contribution in [0.2, 0.25) is 0 Å². The molecule has 2 aromatic rings. The minimum atomic E-state index is -0.287. The Kier molecular flexibility index (Phi) is 4.61. The van der Waals surface area contributed by atoms with Crippen LogP contribution in [0.4, 0.5) is 4.39 Å². The van der Waals surface area contributed by atoms with Crippen molar-refractivity contribution in [3.05, 3.63) is 65.0 Å². The maximum absolute atomic E-state index is 13.7. The Morgan fingerprint density at radius 3 is 2.58 bits per heavy atom. The van der Waals surface area contributed by atoms with E-state index in [9.17, 15) is 4.39 Å². The second kappa shape index (κ2) is 6.22. The zero-order chi connectivity index (χ0) is 13.8. The number of thioether (sulfide) groups is 1. The highest BCUT2D eigenvalue weighted by Crippen LogP contribution is 2.25. The SMILES string of the molecule is Cc1cccc(SCC(N)c2cc(C)ccc2F)c1. The van der Waals surface area contributed by atoms with Gasteiger partial charge in [0.25, 0.3) is 0 Å². The molecule has 2 aromatic carbocycles.